The van der Waals surface area contributed by atoms with Gasteiger partial charge in [0, 0.05) is 30.2 Å². The van der Waals surface area contributed by atoms with E-state index in [-0.39, 0.29) is 16.5 Å². The van der Waals surface area contributed by atoms with E-state index in [2.05, 4.69) is 23.7 Å². The van der Waals surface area contributed by atoms with Crippen LogP contribution in [0.3, 0.4) is 0 Å². The molecule has 0 N–H and O–H groups in total. The van der Waals surface area contributed by atoms with Crippen LogP contribution in [0.2, 0.25) is 0 Å². The maximum atomic E-state index is 14.6. The number of rotatable bonds is 4. The Labute approximate surface area is 205 Å². The molecule has 180 valence electrons. The maximum Gasteiger partial charge on any atom is 0.166 e. The van der Waals surface area contributed by atoms with Crippen molar-refractivity contribution in [2.24, 2.45) is 0 Å². The number of hydrogen-bond acceptors (Lipinski definition) is 1. The molecule has 0 aromatic heterocycles. The number of methoxy groups -OCH3 is 1. The molecule has 0 bridgehead atoms. The second-order valence-electron chi connectivity index (χ2n) is 8.02. The van der Waals surface area contributed by atoms with Crippen molar-refractivity contribution in [2.45, 2.75) is 12.8 Å². The van der Waals surface area contributed by atoms with Crippen LogP contribution >= 0.6 is 0 Å². The van der Waals surface area contributed by atoms with Gasteiger partial charge in [0.2, 0.25) is 0 Å². The highest BCUT2D eigenvalue weighted by Gasteiger charge is 2.10. The number of benzene rings is 4. The Kier molecular flexibility index (Phi) is 7.68. The molecule has 4 aromatic carbocycles. The number of hydrogen-bond donors (Lipinski definition) is 0. The van der Waals surface area contributed by atoms with Crippen molar-refractivity contribution >= 4 is 10.8 Å². The van der Waals surface area contributed by atoms with Gasteiger partial charge in [0.05, 0.1) is 11.1 Å². The lowest BCUT2D eigenvalue weighted by atomic mass is 10.1. The summed E-state index contributed by atoms with van der Waals surface area (Å²) in [6.07, 6.45) is 1.42. The van der Waals surface area contributed by atoms with Crippen LogP contribution in [0, 0.1) is 52.8 Å². The Morgan fingerprint density at radius 1 is 0.667 bits per heavy atom. The topological polar surface area (TPSA) is 9.23 Å². The quantitative estimate of drug-likeness (QED) is 0.172. The van der Waals surface area contributed by atoms with Crippen molar-refractivity contribution in [1.29, 1.82) is 0 Å². The van der Waals surface area contributed by atoms with E-state index in [4.69, 9.17) is 4.74 Å². The van der Waals surface area contributed by atoms with Gasteiger partial charge in [0.25, 0.3) is 0 Å². The van der Waals surface area contributed by atoms with Gasteiger partial charge in [-0.1, -0.05) is 41.9 Å². The molecule has 1 nitrogen and oxygen atoms in total. The Bertz CT molecular complexity index is 1540. The first-order valence-electron chi connectivity index (χ1n) is 11.0. The predicted octanol–water partition coefficient (Wildman–Crippen LogP) is 6.91. The molecule has 0 spiro atoms. The Balaban J connectivity index is 1.55. The lowest BCUT2D eigenvalue weighted by Crippen LogP contribution is -1.95. The molecular formula is C30H19F5O. The minimum absolute atomic E-state index is 0.0299. The fourth-order valence-corrected chi connectivity index (χ4v) is 3.62. The smallest absolute Gasteiger partial charge is 0.166 e. The average molecular weight is 490 g/mol. The van der Waals surface area contributed by atoms with Crippen LogP contribution in [0.4, 0.5) is 22.0 Å². The Hall–Kier alpha value is -4.13. The predicted molar refractivity (Wildman–Crippen MR) is 129 cm³/mol. The van der Waals surface area contributed by atoms with Gasteiger partial charge in [-0.05, 0) is 66.3 Å². The second kappa shape index (κ2) is 11.1. The van der Waals surface area contributed by atoms with Crippen molar-refractivity contribution < 1.29 is 26.7 Å². The molecule has 0 saturated heterocycles. The fourth-order valence-electron chi connectivity index (χ4n) is 3.62. The molecule has 0 saturated carbocycles. The monoisotopic (exact) mass is 490 g/mol. The summed E-state index contributed by atoms with van der Waals surface area (Å²) in [5.74, 6) is 5.97. The fraction of sp³-hybridized carbons (Fsp3) is 0.133. The summed E-state index contributed by atoms with van der Waals surface area (Å²) in [4.78, 5) is 0. The third kappa shape index (κ3) is 5.74. The summed E-state index contributed by atoms with van der Waals surface area (Å²) in [5.41, 5.74) is 0.860. The standard InChI is InChI=1S/C30H19F5O/c1-36-14-2-3-19-4-8-22(27(32)16-19)9-5-21-17-28(33)25(29(34)18-21)12-7-20-6-11-24-23(15-20)10-13-26(31)30(24)35/h4,6,8,10-11,13,15-18H,2-3,14H2,1H3. The molecule has 4 rings (SSSR count). The molecule has 0 atom stereocenters. The zero-order valence-electron chi connectivity index (χ0n) is 19.2. The zero-order chi connectivity index (χ0) is 25.7. The van der Waals surface area contributed by atoms with Crippen molar-refractivity contribution in [3.8, 4) is 23.7 Å². The van der Waals surface area contributed by atoms with E-state index < -0.39 is 34.6 Å². The summed E-state index contributed by atoms with van der Waals surface area (Å²) in [5, 5.41) is 0.487. The van der Waals surface area contributed by atoms with Gasteiger partial charge in [-0.2, -0.15) is 0 Å². The van der Waals surface area contributed by atoms with E-state index in [0.717, 1.165) is 30.2 Å². The lowest BCUT2D eigenvalue weighted by Gasteiger charge is -2.03. The van der Waals surface area contributed by atoms with Crippen molar-refractivity contribution in [2.75, 3.05) is 13.7 Å². The summed E-state index contributed by atoms with van der Waals surface area (Å²) >= 11 is 0. The molecule has 0 aliphatic carbocycles. The molecule has 0 radical (unpaired) electrons. The Morgan fingerprint density at radius 3 is 2.14 bits per heavy atom. The first-order valence-corrected chi connectivity index (χ1v) is 11.0. The molecule has 6 heteroatoms. The van der Waals surface area contributed by atoms with Crippen molar-refractivity contribution in [3.63, 3.8) is 0 Å². The maximum absolute atomic E-state index is 14.6. The molecule has 0 amide bonds. The molecule has 0 aliphatic heterocycles. The largest absolute Gasteiger partial charge is 0.385 e. The van der Waals surface area contributed by atoms with Crippen LogP contribution in [-0.4, -0.2) is 13.7 Å². The molecule has 4 aromatic rings. The molecule has 36 heavy (non-hydrogen) atoms. The van der Waals surface area contributed by atoms with Crippen LogP contribution in [0.5, 0.6) is 0 Å². The highest BCUT2D eigenvalue weighted by atomic mass is 19.2. The summed E-state index contributed by atoms with van der Waals surface area (Å²) in [6.45, 7) is 0.574. The van der Waals surface area contributed by atoms with Gasteiger partial charge in [0.15, 0.2) is 11.6 Å². The van der Waals surface area contributed by atoms with E-state index in [0.29, 0.717) is 24.0 Å². The lowest BCUT2D eigenvalue weighted by molar-refractivity contribution is 0.195. The second-order valence-corrected chi connectivity index (χ2v) is 8.02. The van der Waals surface area contributed by atoms with E-state index in [1.807, 2.05) is 0 Å². The highest BCUT2D eigenvalue weighted by molar-refractivity contribution is 5.84. The minimum Gasteiger partial charge on any atom is -0.385 e. The van der Waals surface area contributed by atoms with Crippen molar-refractivity contribution in [1.82, 2.24) is 0 Å². The average Bonchev–Trinajstić information content (AvgIpc) is 2.85. The van der Waals surface area contributed by atoms with Crippen molar-refractivity contribution in [3.05, 3.63) is 118 Å². The number of ether oxygens (including phenoxy) is 1. The number of aryl methyl sites for hydroxylation is 1. The van der Waals surface area contributed by atoms with Gasteiger partial charge in [0.1, 0.15) is 17.5 Å². The van der Waals surface area contributed by atoms with Gasteiger partial charge >= 0.3 is 0 Å². The summed E-state index contributed by atoms with van der Waals surface area (Å²) in [6, 6.07) is 13.4. The van der Waals surface area contributed by atoms with Gasteiger partial charge in [-0.25, -0.2) is 22.0 Å². The van der Waals surface area contributed by atoms with E-state index in [1.165, 1.54) is 36.4 Å². The molecule has 0 heterocycles. The SMILES string of the molecule is COCCCc1ccc(C#Cc2cc(F)c(C#Cc3ccc4c(F)c(F)ccc4c3)c(F)c2)c(F)c1. The minimum atomic E-state index is -0.973. The molecule has 0 fully saturated rings. The summed E-state index contributed by atoms with van der Waals surface area (Å²) < 4.78 is 75.7. The third-order valence-corrected chi connectivity index (χ3v) is 5.47. The normalized spacial score (nSPS) is 10.5. The van der Waals surface area contributed by atoms with Crippen LogP contribution in [-0.2, 0) is 11.2 Å². The number of fused-ring (bicyclic) bond motifs is 1. The van der Waals surface area contributed by atoms with E-state index in [9.17, 15) is 22.0 Å². The first-order chi connectivity index (χ1) is 17.4. The van der Waals surface area contributed by atoms with Crippen LogP contribution in [0.1, 0.15) is 34.2 Å². The van der Waals surface area contributed by atoms with Gasteiger partial charge in [-0.3, -0.25) is 0 Å². The first kappa shape index (κ1) is 25.0. The highest BCUT2D eigenvalue weighted by Crippen LogP contribution is 2.22. The van der Waals surface area contributed by atoms with Crippen LogP contribution in [0.25, 0.3) is 10.8 Å². The van der Waals surface area contributed by atoms with Crippen LogP contribution < -0.4 is 0 Å². The molecule has 0 aliphatic rings. The molecule has 0 unspecified atom stereocenters. The van der Waals surface area contributed by atoms with Gasteiger partial charge in [-0.15, -0.1) is 0 Å². The van der Waals surface area contributed by atoms with Gasteiger partial charge < -0.3 is 4.74 Å². The van der Waals surface area contributed by atoms with E-state index >= 15 is 0 Å². The Morgan fingerprint density at radius 2 is 1.42 bits per heavy atom. The number of halogens is 5. The van der Waals surface area contributed by atoms with E-state index in [1.54, 1.807) is 13.2 Å². The third-order valence-electron chi connectivity index (χ3n) is 5.47. The zero-order valence-corrected chi connectivity index (χ0v) is 19.2. The summed E-state index contributed by atoms with van der Waals surface area (Å²) in [7, 11) is 1.60. The van der Waals surface area contributed by atoms with Crippen LogP contribution in [0.15, 0.2) is 60.7 Å². The molecular weight excluding hydrogens is 471 g/mol.